The monoisotopic (exact) mass is 504 g/mol. The number of sulfonamides is 1. The van der Waals surface area contributed by atoms with E-state index in [2.05, 4.69) is 9.97 Å². The summed E-state index contributed by atoms with van der Waals surface area (Å²) in [5.74, 6) is 2.17. The van der Waals surface area contributed by atoms with Crippen molar-refractivity contribution in [2.45, 2.75) is 41.9 Å². The Bertz CT molecular complexity index is 1210. The Morgan fingerprint density at radius 3 is 2.58 bits per heavy atom. The fourth-order valence-corrected chi connectivity index (χ4v) is 7.69. The molecule has 1 saturated carbocycles. The van der Waals surface area contributed by atoms with Crippen molar-refractivity contribution in [3.05, 3.63) is 41.4 Å². The van der Waals surface area contributed by atoms with E-state index in [1.54, 1.807) is 35.2 Å². The fraction of sp³-hybridized carbons (Fsp3) is 0.522. The Hall–Kier alpha value is -1.59. The van der Waals surface area contributed by atoms with Crippen LogP contribution >= 0.6 is 23.1 Å². The number of hydrogen-bond donors (Lipinski definition) is 0. The summed E-state index contributed by atoms with van der Waals surface area (Å²) >= 11 is 3.29. The highest BCUT2D eigenvalue weighted by Gasteiger charge is 2.28. The van der Waals surface area contributed by atoms with E-state index >= 15 is 0 Å². The van der Waals surface area contributed by atoms with Crippen molar-refractivity contribution < 1.29 is 13.2 Å². The summed E-state index contributed by atoms with van der Waals surface area (Å²) in [5, 5.41) is 1.09. The minimum atomic E-state index is -3.49. The molecule has 0 amide bonds. The maximum Gasteiger partial charge on any atom is 0.243 e. The van der Waals surface area contributed by atoms with Gasteiger partial charge in [-0.05, 0) is 55.6 Å². The van der Waals surface area contributed by atoms with Gasteiger partial charge in [0.15, 0.2) is 0 Å². The second-order valence-electron chi connectivity index (χ2n) is 8.75. The highest BCUT2D eigenvalue weighted by molar-refractivity contribution is 7.98. The molecule has 3 heterocycles. The van der Waals surface area contributed by atoms with Crippen LogP contribution in [-0.2, 0) is 27.6 Å². The van der Waals surface area contributed by atoms with Crippen molar-refractivity contribution in [2.24, 2.45) is 11.8 Å². The predicted octanol–water partition coefficient (Wildman–Crippen LogP) is 4.03. The van der Waals surface area contributed by atoms with E-state index in [9.17, 15) is 8.42 Å². The molecule has 2 atom stereocenters. The van der Waals surface area contributed by atoms with Gasteiger partial charge < -0.3 is 4.74 Å². The molecule has 0 unspecified atom stereocenters. The maximum atomic E-state index is 13.0. The molecule has 1 aliphatic carbocycles. The summed E-state index contributed by atoms with van der Waals surface area (Å²) in [4.78, 5) is 15.3. The second kappa shape index (κ2) is 9.95. The normalized spacial score (nSPS) is 22.2. The molecule has 2 aromatic heterocycles. The van der Waals surface area contributed by atoms with Crippen molar-refractivity contribution >= 4 is 43.3 Å². The molecule has 0 bridgehead atoms. The van der Waals surface area contributed by atoms with Gasteiger partial charge in [0.05, 0.1) is 33.3 Å². The Morgan fingerprint density at radius 1 is 1.12 bits per heavy atom. The molecule has 10 heteroatoms. The highest BCUT2D eigenvalue weighted by Crippen LogP contribution is 2.36. The van der Waals surface area contributed by atoms with Gasteiger partial charge in [-0.3, -0.25) is 0 Å². The molecule has 7 nitrogen and oxygen atoms in total. The molecule has 0 N–H and O–H groups in total. The first-order valence-corrected chi connectivity index (χ1v) is 14.8. The summed E-state index contributed by atoms with van der Waals surface area (Å²) < 4.78 is 33.7. The third-order valence-corrected chi connectivity index (χ3v) is 10.1. The van der Waals surface area contributed by atoms with Gasteiger partial charge in [0, 0.05) is 43.2 Å². The van der Waals surface area contributed by atoms with Gasteiger partial charge in [0.25, 0.3) is 0 Å². The zero-order valence-electron chi connectivity index (χ0n) is 18.6. The topological polar surface area (TPSA) is 85.3 Å². The van der Waals surface area contributed by atoms with E-state index in [0.717, 1.165) is 38.8 Å². The van der Waals surface area contributed by atoms with Gasteiger partial charge in [-0.15, -0.1) is 23.1 Å². The third-order valence-electron chi connectivity index (χ3n) is 6.51. The third kappa shape index (κ3) is 5.24. The lowest BCUT2D eigenvalue weighted by Crippen LogP contribution is -2.40. The number of nitrogens with zero attached hydrogens (tertiary/aromatic N) is 4. The van der Waals surface area contributed by atoms with E-state index in [1.165, 1.54) is 23.6 Å². The summed E-state index contributed by atoms with van der Waals surface area (Å²) in [6, 6.07) is 5.31. The van der Waals surface area contributed by atoms with Gasteiger partial charge >= 0.3 is 0 Å². The molecule has 1 aromatic carbocycles. The van der Waals surface area contributed by atoms with Gasteiger partial charge in [-0.25, -0.2) is 23.4 Å². The number of aromatic nitrogens is 3. The smallest absolute Gasteiger partial charge is 0.243 e. The number of morpholine rings is 1. The Morgan fingerprint density at radius 2 is 1.85 bits per heavy atom. The number of fused-ring (bicyclic) bond motifs is 1. The average Bonchev–Trinajstić information content (AvgIpc) is 3.45. The number of hydrogen-bond acceptors (Lipinski definition) is 8. The van der Waals surface area contributed by atoms with Crippen LogP contribution in [0.1, 0.15) is 30.1 Å². The zero-order chi connectivity index (χ0) is 22.8. The van der Waals surface area contributed by atoms with Crippen molar-refractivity contribution in [2.75, 3.05) is 32.6 Å². The molecular weight excluding hydrogens is 476 g/mol. The SMILES string of the molecule is CSc1cnc(C[C@H]2CC[C@H](Cc3nc4ccc(S(=O)(=O)N5CCOCC5)cc4s3)C2)nc1. The average molecular weight is 505 g/mol. The number of thioether (sulfide) groups is 1. The summed E-state index contributed by atoms with van der Waals surface area (Å²) in [7, 11) is -3.49. The van der Waals surface area contributed by atoms with Crippen LogP contribution in [0.15, 0.2) is 40.4 Å². The van der Waals surface area contributed by atoms with Crippen molar-refractivity contribution in [1.82, 2.24) is 19.3 Å². The minimum Gasteiger partial charge on any atom is -0.379 e. The Labute approximate surface area is 203 Å². The molecule has 1 aliphatic heterocycles. The quantitative estimate of drug-likeness (QED) is 0.449. The number of rotatable bonds is 7. The van der Waals surface area contributed by atoms with Crippen LogP contribution in [-0.4, -0.2) is 60.2 Å². The van der Waals surface area contributed by atoms with Crippen molar-refractivity contribution in [3.8, 4) is 0 Å². The van der Waals surface area contributed by atoms with Crippen LogP contribution in [0, 0.1) is 11.8 Å². The summed E-state index contributed by atoms with van der Waals surface area (Å²) in [5.41, 5.74) is 0.882. The van der Waals surface area contributed by atoms with E-state index in [1.807, 2.05) is 24.7 Å². The first-order valence-electron chi connectivity index (χ1n) is 11.3. The lowest BCUT2D eigenvalue weighted by molar-refractivity contribution is 0.0730. The molecule has 2 aliphatic rings. The number of ether oxygens (including phenoxy) is 1. The van der Waals surface area contributed by atoms with Crippen LogP contribution in [0.5, 0.6) is 0 Å². The largest absolute Gasteiger partial charge is 0.379 e. The van der Waals surface area contributed by atoms with Crippen LogP contribution in [0.2, 0.25) is 0 Å². The summed E-state index contributed by atoms with van der Waals surface area (Å²) in [6.45, 7) is 1.71. The molecule has 0 spiro atoms. The van der Waals surface area contributed by atoms with Crippen LogP contribution < -0.4 is 0 Å². The number of thiazole rings is 1. The lowest BCUT2D eigenvalue weighted by Gasteiger charge is -2.25. The predicted molar refractivity (Wildman–Crippen MR) is 131 cm³/mol. The second-order valence-corrected chi connectivity index (χ2v) is 12.7. The van der Waals surface area contributed by atoms with Gasteiger partial charge in [-0.2, -0.15) is 4.31 Å². The number of benzene rings is 1. The van der Waals surface area contributed by atoms with Crippen LogP contribution in [0.3, 0.4) is 0 Å². The lowest BCUT2D eigenvalue weighted by atomic mass is 9.99. The van der Waals surface area contributed by atoms with Gasteiger partial charge in [-0.1, -0.05) is 0 Å². The molecule has 1 saturated heterocycles. The zero-order valence-corrected chi connectivity index (χ0v) is 21.1. The summed E-state index contributed by atoms with van der Waals surface area (Å²) in [6.07, 6.45) is 11.3. The van der Waals surface area contributed by atoms with Gasteiger partial charge in [0.2, 0.25) is 10.0 Å². The molecule has 2 fully saturated rings. The molecule has 33 heavy (non-hydrogen) atoms. The Kier molecular flexibility index (Phi) is 6.99. The van der Waals surface area contributed by atoms with Crippen molar-refractivity contribution in [1.29, 1.82) is 0 Å². The fourth-order valence-electron chi connectivity index (χ4n) is 4.74. The molecule has 3 aromatic rings. The minimum absolute atomic E-state index is 0.348. The van der Waals surface area contributed by atoms with Crippen molar-refractivity contribution in [3.63, 3.8) is 0 Å². The van der Waals surface area contributed by atoms with Crippen LogP contribution in [0.4, 0.5) is 0 Å². The molecule has 176 valence electrons. The van der Waals surface area contributed by atoms with E-state index < -0.39 is 10.0 Å². The molecule has 0 radical (unpaired) electrons. The molecular formula is C23H28N4O3S3. The standard InChI is InChI=1S/C23H28N4O3S3/c1-31-18-14-24-22(25-15-18)11-16-2-3-17(10-16)12-23-26-20-5-4-19(13-21(20)32-23)33(28,29)27-6-8-30-9-7-27/h4-5,13-17H,2-3,6-12H2,1H3/t16-,17-/m0/s1. The van der Waals surface area contributed by atoms with E-state index in [4.69, 9.17) is 9.72 Å². The maximum absolute atomic E-state index is 13.0. The van der Waals surface area contributed by atoms with Gasteiger partial charge in [0.1, 0.15) is 5.82 Å². The van der Waals surface area contributed by atoms with E-state index in [-0.39, 0.29) is 0 Å². The highest BCUT2D eigenvalue weighted by atomic mass is 32.2. The van der Waals surface area contributed by atoms with Crippen LogP contribution in [0.25, 0.3) is 10.2 Å². The Balaban J connectivity index is 1.23. The first-order chi connectivity index (χ1) is 16.0. The van der Waals surface area contributed by atoms with E-state index in [0.29, 0.717) is 43.0 Å². The first kappa shape index (κ1) is 23.2. The molecule has 5 rings (SSSR count).